The highest BCUT2D eigenvalue weighted by atomic mass is 127. The summed E-state index contributed by atoms with van der Waals surface area (Å²) in [6.45, 7) is 1.97. The molecule has 0 bridgehead atoms. The second-order valence-electron chi connectivity index (χ2n) is 2.50. The van der Waals surface area contributed by atoms with Crippen LogP contribution in [-0.2, 0) is 0 Å². The van der Waals surface area contributed by atoms with E-state index in [1.165, 1.54) is 0 Å². The Kier molecular flexibility index (Phi) is 1.96. The molecule has 0 amide bonds. The maximum atomic E-state index is 9.38. The van der Waals surface area contributed by atoms with Gasteiger partial charge in [-0.3, -0.25) is 0 Å². The highest BCUT2D eigenvalue weighted by molar-refractivity contribution is 14.1. The zero-order valence-electron chi connectivity index (χ0n) is 6.34. The molecule has 1 aromatic heterocycles. The van der Waals surface area contributed by atoms with Gasteiger partial charge in [0, 0.05) is 6.07 Å². The first-order valence-electron chi connectivity index (χ1n) is 3.42. The van der Waals surface area contributed by atoms with Gasteiger partial charge in [0.1, 0.15) is 5.75 Å². The number of nitrogens with zero attached hydrogens (tertiary/aromatic N) is 1. The van der Waals surface area contributed by atoms with Crippen molar-refractivity contribution in [3.8, 4) is 5.75 Å². The van der Waals surface area contributed by atoms with E-state index in [-0.39, 0.29) is 0 Å². The van der Waals surface area contributed by atoms with Crippen molar-refractivity contribution >= 4 is 44.1 Å². The van der Waals surface area contributed by atoms with E-state index in [0.29, 0.717) is 5.75 Å². The number of phenols is 1. The Balaban J connectivity index is 2.83. The van der Waals surface area contributed by atoms with Crippen molar-refractivity contribution in [2.45, 2.75) is 6.92 Å². The van der Waals surface area contributed by atoms with Crippen molar-refractivity contribution in [2.24, 2.45) is 0 Å². The summed E-state index contributed by atoms with van der Waals surface area (Å²) in [6, 6.07) is 3.66. The SMILES string of the molecule is Cc1nc2cc(O)c(I)cc2s1. The quantitative estimate of drug-likeness (QED) is 0.757. The van der Waals surface area contributed by atoms with Crippen LogP contribution in [0.25, 0.3) is 10.2 Å². The van der Waals surface area contributed by atoms with Gasteiger partial charge >= 0.3 is 0 Å². The summed E-state index contributed by atoms with van der Waals surface area (Å²) in [5.41, 5.74) is 0.885. The molecular weight excluding hydrogens is 285 g/mol. The van der Waals surface area contributed by atoms with Crippen molar-refractivity contribution < 1.29 is 5.11 Å². The van der Waals surface area contributed by atoms with Crippen LogP contribution in [-0.4, -0.2) is 10.1 Å². The molecule has 0 atom stereocenters. The van der Waals surface area contributed by atoms with Crippen LogP contribution in [0, 0.1) is 10.5 Å². The lowest BCUT2D eigenvalue weighted by atomic mass is 10.3. The van der Waals surface area contributed by atoms with E-state index in [4.69, 9.17) is 0 Å². The number of hydrogen-bond donors (Lipinski definition) is 1. The Labute approximate surface area is 87.4 Å². The van der Waals surface area contributed by atoms with E-state index < -0.39 is 0 Å². The minimum Gasteiger partial charge on any atom is -0.507 e. The van der Waals surface area contributed by atoms with Gasteiger partial charge < -0.3 is 5.11 Å². The first-order chi connectivity index (χ1) is 5.66. The Morgan fingerprint density at radius 1 is 1.50 bits per heavy atom. The molecule has 0 saturated heterocycles. The van der Waals surface area contributed by atoms with Crippen LogP contribution in [0.2, 0.25) is 0 Å². The minimum absolute atomic E-state index is 0.313. The topological polar surface area (TPSA) is 33.1 Å². The van der Waals surface area contributed by atoms with Gasteiger partial charge in [0.2, 0.25) is 0 Å². The van der Waals surface area contributed by atoms with Crippen molar-refractivity contribution in [2.75, 3.05) is 0 Å². The molecule has 1 aromatic carbocycles. The molecule has 0 unspecified atom stereocenters. The molecule has 2 aromatic rings. The zero-order chi connectivity index (χ0) is 8.72. The molecular formula is C8H6INOS. The lowest BCUT2D eigenvalue weighted by Gasteiger charge is -1.94. The third-order valence-corrected chi connectivity index (χ3v) is 3.36. The number of benzene rings is 1. The van der Waals surface area contributed by atoms with Gasteiger partial charge in [-0.2, -0.15) is 0 Å². The molecule has 0 saturated carbocycles. The van der Waals surface area contributed by atoms with E-state index in [2.05, 4.69) is 27.6 Å². The summed E-state index contributed by atoms with van der Waals surface area (Å²) in [7, 11) is 0. The highest BCUT2D eigenvalue weighted by Gasteiger charge is 2.04. The van der Waals surface area contributed by atoms with Gasteiger partial charge in [-0.25, -0.2) is 4.98 Å². The average molecular weight is 291 g/mol. The predicted molar refractivity (Wildman–Crippen MR) is 58.7 cm³/mol. The van der Waals surface area contributed by atoms with Gasteiger partial charge in [0.25, 0.3) is 0 Å². The van der Waals surface area contributed by atoms with E-state index >= 15 is 0 Å². The second-order valence-corrected chi connectivity index (χ2v) is 4.90. The predicted octanol–water partition coefficient (Wildman–Crippen LogP) is 2.91. The van der Waals surface area contributed by atoms with Crippen LogP contribution in [0.5, 0.6) is 5.75 Å². The monoisotopic (exact) mass is 291 g/mol. The summed E-state index contributed by atoms with van der Waals surface area (Å²) >= 11 is 3.76. The van der Waals surface area contributed by atoms with Gasteiger partial charge in [-0.15, -0.1) is 11.3 Å². The molecule has 1 N–H and O–H groups in total. The molecule has 4 heteroatoms. The van der Waals surface area contributed by atoms with Gasteiger partial charge in [-0.05, 0) is 35.6 Å². The fraction of sp³-hybridized carbons (Fsp3) is 0.125. The van der Waals surface area contributed by atoms with Crippen molar-refractivity contribution in [1.82, 2.24) is 4.98 Å². The summed E-state index contributed by atoms with van der Waals surface area (Å²) < 4.78 is 2.01. The lowest BCUT2D eigenvalue weighted by Crippen LogP contribution is -1.73. The van der Waals surface area contributed by atoms with E-state index in [1.54, 1.807) is 17.4 Å². The molecule has 0 aliphatic carbocycles. The summed E-state index contributed by atoms with van der Waals surface area (Å²) in [4.78, 5) is 4.27. The van der Waals surface area contributed by atoms with Gasteiger partial charge in [0.15, 0.2) is 0 Å². The first kappa shape index (κ1) is 8.25. The number of aryl methyl sites for hydroxylation is 1. The Morgan fingerprint density at radius 3 is 3.00 bits per heavy atom. The van der Waals surface area contributed by atoms with Crippen LogP contribution in [0.3, 0.4) is 0 Å². The first-order valence-corrected chi connectivity index (χ1v) is 5.32. The van der Waals surface area contributed by atoms with E-state index in [0.717, 1.165) is 18.8 Å². The van der Waals surface area contributed by atoms with Crippen molar-refractivity contribution in [1.29, 1.82) is 0 Å². The summed E-state index contributed by atoms with van der Waals surface area (Å²) in [6.07, 6.45) is 0. The molecule has 62 valence electrons. The van der Waals surface area contributed by atoms with Crippen LogP contribution in [0.15, 0.2) is 12.1 Å². The smallest absolute Gasteiger partial charge is 0.131 e. The molecule has 0 aliphatic heterocycles. The number of fused-ring (bicyclic) bond motifs is 1. The summed E-state index contributed by atoms with van der Waals surface area (Å²) in [5, 5.41) is 10.4. The van der Waals surface area contributed by atoms with Crippen LogP contribution < -0.4 is 0 Å². The van der Waals surface area contributed by atoms with E-state index in [9.17, 15) is 5.11 Å². The van der Waals surface area contributed by atoms with Crippen molar-refractivity contribution in [3.05, 3.63) is 20.7 Å². The number of thiazole rings is 1. The standard InChI is InChI=1S/C8H6INOS/c1-4-10-6-3-7(11)5(9)2-8(6)12-4/h2-3,11H,1H3. The number of aromatic hydroxyl groups is 1. The lowest BCUT2D eigenvalue weighted by molar-refractivity contribution is 0.472. The van der Waals surface area contributed by atoms with E-state index in [1.807, 2.05) is 13.0 Å². The largest absolute Gasteiger partial charge is 0.507 e. The molecule has 0 spiro atoms. The molecule has 2 rings (SSSR count). The number of hydrogen-bond acceptors (Lipinski definition) is 3. The van der Waals surface area contributed by atoms with Crippen LogP contribution in [0.4, 0.5) is 0 Å². The highest BCUT2D eigenvalue weighted by Crippen LogP contribution is 2.29. The number of aromatic nitrogens is 1. The molecule has 0 fully saturated rings. The van der Waals surface area contributed by atoms with Crippen molar-refractivity contribution in [3.63, 3.8) is 0 Å². The fourth-order valence-electron chi connectivity index (χ4n) is 1.05. The maximum absolute atomic E-state index is 9.38. The Morgan fingerprint density at radius 2 is 2.25 bits per heavy atom. The molecule has 2 nitrogen and oxygen atoms in total. The minimum atomic E-state index is 0.313. The third kappa shape index (κ3) is 1.29. The van der Waals surface area contributed by atoms with Crippen LogP contribution in [0.1, 0.15) is 5.01 Å². The second kappa shape index (κ2) is 2.85. The number of phenolic OH excluding ortho intramolecular Hbond substituents is 1. The zero-order valence-corrected chi connectivity index (χ0v) is 9.31. The number of halogens is 1. The molecule has 0 radical (unpaired) electrons. The Bertz CT molecular complexity index is 399. The average Bonchev–Trinajstić information content (AvgIpc) is 2.30. The van der Waals surface area contributed by atoms with Gasteiger partial charge in [-0.1, -0.05) is 0 Å². The molecule has 0 aliphatic rings. The molecule has 12 heavy (non-hydrogen) atoms. The normalized spacial score (nSPS) is 10.8. The van der Waals surface area contributed by atoms with Crippen LogP contribution >= 0.6 is 33.9 Å². The van der Waals surface area contributed by atoms with Gasteiger partial charge in [0.05, 0.1) is 18.8 Å². The number of rotatable bonds is 0. The fourth-order valence-corrected chi connectivity index (χ4v) is 2.58. The third-order valence-electron chi connectivity index (χ3n) is 1.56. The maximum Gasteiger partial charge on any atom is 0.131 e. The molecule has 1 heterocycles. The summed E-state index contributed by atoms with van der Waals surface area (Å²) in [5.74, 6) is 0.313. The Hall–Kier alpha value is -0.360.